The normalized spacial score (nSPS) is 16.1. The SMILES string of the molecule is C=N/C(=C\N(C)C[C@@H]1CCOc2c(C(C)C)cccc21)c1cc(-c2nn[nH]c2C(F)(F)F)ccn1. The molecule has 3 heterocycles. The van der Waals surface area contributed by atoms with Gasteiger partial charge < -0.3 is 9.64 Å². The van der Waals surface area contributed by atoms with Crippen LogP contribution in [0, 0.1) is 0 Å². The minimum atomic E-state index is -4.60. The molecule has 7 nitrogen and oxygen atoms in total. The molecule has 2 aromatic heterocycles. The topological polar surface area (TPSA) is 79.3 Å². The van der Waals surface area contributed by atoms with E-state index in [0.717, 1.165) is 12.2 Å². The number of para-hydroxylation sites is 1. The number of fused-ring (bicyclic) bond motifs is 1. The summed E-state index contributed by atoms with van der Waals surface area (Å²) < 4.78 is 45.9. The van der Waals surface area contributed by atoms with E-state index in [4.69, 9.17) is 4.74 Å². The lowest BCUT2D eigenvalue weighted by Gasteiger charge is -2.31. The molecule has 1 N–H and O–H groups in total. The summed E-state index contributed by atoms with van der Waals surface area (Å²) in [5, 5.41) is 8.87. The maximum Gasteiger partial charge on any atom is 0.435 e. The lowest BCUT2D eigenvalue weighted by Crippen LogP contribution is -2.25. The van der Waals surface area contributed by atoms with Crippen LogP contribution in [0.1, 0.15) is 54.6 Å². The van der Waals surface area contributed by atoms with Gasteiger partial charge in [0.2, 0.25) is 0 Å². The highest BCUT2D eigenvalue weighted by Gasteiger charge is 2.37. The minimum Gasteiger partial charge on any atom is -0.493 e. The number of likely N-dealkylation sites (N-methyl/N-ethyl adjacent to an activating group) is 1. The highest BCUT2D eigenvalue weighted by molar-refractivity contribution is 5.70. The molecule has 0 unspecified atom stereocenters. The molecule has 0 aliphatic carbocycles. The zero-order chi connectivity index (χ0) is 25.2. The second-order valence-corrected chi connectivity index (χ2v) is 8.83. The Hall–Kier alpha value is -3.69. The molecular weight excluding hydrogens is 457 g/mol. The second-order valence-electron chi connectivity index (χ2n) is 8.83. The summed E-state index contributed by atoms with van der Waals surface area (Å²) in [7, 11) is 1.93. The van der Waals surface area contributed by atoms with Gasteiger partial charge in [-0.05, 0) is 42.3 Å². The average Bonchev–Trinajstić information content (AvgIpc) is 3.33. The van der Waals surface area contributed by atoms with E-state index in [0.29, 0.717) is 30.5 Å². The monoisotopic (exact) mass is 484 g/mol. The van der Waals surface area contributed by atoms with Gasteiger partial charge in [0, 0.05) is 37.5 Å². The summed E-state index contributed by atoms with van der Waals surface area (Å²) in [5.74, 6) is 1.59. The third-order valence-corrected chi connectivity index (χ3v) is 6.00. The molecule has 4 rings (SSSR count). The first-order valence-electron chi connectivity index (χ1n) is 11.3. The van der Waals surface area contributed by atoms with Crippen molar-refractivity contribution in [2.75, 3.05) is 20.2 Å². The molecule has 1 aliphatic rings. The zero-order valence-corrected chi connectivity index (χ0v) is 19.8. The van der Waals surface area contributed by atoms with Crippen molar-refractivity contribution in [2.24, 2.45) is 4.99 Å². The van der Waals surface area contributed by atoms with Gasteiger partial charge in [0.05, 0.1) is 12.3 Å². The van der Waals surface area contributed by atoms with E-state index >= 15 is 0 Å². The number of pyridine rings is 1. The fourth-order valence-corrected chi connectivity index (χ4v) is 4.31. The maximum atomic E-state index is 13.3. The maximum absolute atomic E-state index is 13.3. The number of rotatable bonds is 7. The van der Waals surface area contributed by atoms with Crippen LogP contribution in [0.3, 0.4) is 0 Å². The Balaban J connectivity index is 1.58. The Bertz CT molecular complexity index is 1230. The van der Waals surface area contributed by atoms with Crippen LogP contribution in [0.25, 0.3) is 17.0 Å². The quantitative estimate of drug-likeness (QED) is 0.448. The van der Waals surface area contributed by atoms with Crippen LogP contribution in [0.5, 0.6) is 5.75 Å². The van der Waals surface area contributed by atoms with Gasteiger partial charge in [0.1, 0.15) is 17.1 Å². The number of nitrogens with one attached hydrogen (secondary N) is 1. The van der Waals surface area contributed by atoms with Gasteiger partial charge in [0.15, 0.2) is 5.69 Å². The van der Waals surface area contributed by atoms with Crippen LogP contribution in [0.2, 0.25) is 0 Å². The number of alkyl halides is 3. The van der Waals surface area contributed by atoms with Crippen molar-refractivity contribution in [3.05, 3.63) is 65.2 Å². The fraction of sp³-hybridized carbons (Fsp3) is 0.360. The predicted molar refractivity (Wildman–Crippen MR) is 128 cm³/mol. The molecule has 0 radical (unpaired) electrons. The number of aliphatic imine (C=N–C) groups is 1. The molecule has 0 saturated carbocycles. The van der Waals surface area contributed by atoms with E-state index in [1.54, 1.807) is 6.20 Å². The molecule has 1 atom stereocenters. The number of H-pyrrole nitrogens is 1. The Morgan fingerprint density at radius 1 is 1.34 bits per heavy atom. The van der Waals surface area contributed by atoms with Gasteiger partial charge in [-0.1, -0.05) is 37.3 Å². The van der Waals surface area contributed by atoms with Crippen molar-refractivity contribution >= 4 is 12.4 Å². The van der Waals surface area contributed by atoms with Crippen molar-refractivity contribution in [2.45, 2.75) is 38.3 Å². The molecule has 1 aromatic carbocycles. The molecular formula is C25H27F3N6O. The molecule has 35 heavy (non-hydrogen) atoms. The second kappa shape index (κ2) is 9.89. The summed E-state index contributed by atoms with van der Waals surface area (Å²) in [6.45, 7) is 9.29. The summed E-state index contributed by atoms with van der Waals surface area (Å²) in [6, 6.07) is 9.23. The largest absolute Gasteiger partial charge is 0.493 e. The third-order valence-electron chi connectivity index (χ3n) is 6.00. The average molecular weight is 485 g/mol. The van der Waals surface area contributed by atoms with Crippen molar-refractivity contribution < 1.29 is 17.9 Å². The minimum absolute atomic E-state index is 0.229. The van der Waals surface area contributed by atoms with Crippen molar-refractivity contribution in [1.29, 1.82) is 0 Å². The first-order valence-corrected chi connectivity index (χ1v) is 11.3. The fourth-order valence-electron chi connectivity index (χ4n) is 4.31. The summed E-state index contributed by atoms with van der Waals surface area (Å²) in [4.78, 5) is 10.4. The number of ether oxygens (including phenoxy) is 1. The number of aromatic amines is 1. The highest BCUT2D eigenvalue weighted by Crippen LogP contribution is 2.39. The van der Waals surface area contributed by atoms with Crippen LogP contribution >= 0.6 is 0 Å². The van der Waals surface area contributed by atoms with Gasteiger partial charge in [-0.15, -0.1) is 5.10 Å². The molecule has 0 saturated heterocycles. The summed E-state index contributed by atoms with van der Waals surface area (Å²) in [5.41, 5.74) is 2.13. The van der Waals surface area contributed by atoms with Crippen LogP contribution in [0.15, 0.2) is 47.7 Å². The van der Waals surface area contributed by atoms with E-state index in [1.165, 1.54) is 29.5 Å². The standard InChI is InChI=1S/C25H27F3N6O/c1-15(2)18-6-5-7-19-17(9-11-35-23(18)19)13-34(4)14-21(29-3)20-12-16(8-10-30-20)22-24(25(26,27)28)32-33-31-22/h5-8,10,12,14-15,17H,3,9,11,13H2,1-2,4H3,(H,31,32,33)/b21-14-/t17-/m0/s1. The molecule has 0 spiro atoms. The number of nitrogens with zero attached hydrogens (tertiary/aromatic N) is 5. The molecule has 0 fully saturated rings. The van der Waals surface area contributed by atoms with E-state index < -0.39 is 11.9 Å². The Morgan fingerprint density at radius 2 is 2.14 bits per heavy atom. The van der Waals surface area contributed by atoms with Gasteiger partial charge in [-0.3, -0.25) is 15.1 Å². The third kappa shape index (κ3) is 5.21. The summed E-state index contributed by atoms with van der Waals surface area (Å²) in [6.07, 6.45) is -0.508. The number of benzene rings is 1. The number of halogens is 3. The molecule has 1 aliphatic heterocycles. The molecule has 0 bridgehead atoms. The van der Waals surface area contributed by atoms with E-state index in [9.17, 15) is 13.2 Å². The molecule has 10 heteroatoms. The van der Waals surface area contributed by atoms with Crippen molar-refractivity contribution in [3.63, 3.8) is 0 Å². The highest BCUT2D eigenvalue weighted by atomic mass is 19.4. The lowest BCUT2D eigenvalue weighted by molar-refractivity contribution is -0.140. The Morgan fingerprint density at radius 3 is 2.86 bits per heavy atom. The van der Waals surface area contributed by atoms with Gasteiger partial charge in [0.25, 0.3) is 0 Å². The van der Waals surface area contributed by atoms with Gasteiger partial charge in [-0.25, -0.2) is 0 Å². The number of hydrogen-bond donors (Lipinski definition) is 1. The van der Waals surface area contributed by atoms with Crippen molar-refractivity contribution in [3.8, 4) is 17.0 Å². The zero-order valence-electron chi connectivity index (χ0n) is 19.8. The molecule has 184 valence electrons. The van der Waals surface area contributed by atoms with E-state index in [1.807, 2.05) is 17.0 Å². The lowest BCUT2D eigenvalue weighted by atomic mass is 9.88. The van der Waals surface area contributed by atoms with Crippen LogP contribution in [-0.4, -0.2) is 52.2 Å². The smallest absolute Gasteiger partial charge is 0.435 e. The number of aromatic nitrogens is 4. The van der Waals surface area contributed by atoms with Crippen molar-refractivity contribution in [1.82, 2.24) is 25.3 Å². The van der Waals surface area contributed by atoms with E-state index in [-0.39, 0.29) is 17.2 Å². The first-order chi connectivity index (χ1) is 16.7. The summed E-state index contributed by atoms with van der Waals surface area (Å²) >= 11 is 0. The van der Waals surface area contributed by atoms with Crippen LogP contribution in [0.4, 0.5) is 13.2 Å². The Labute approximate surface area is 201 Å². The predicted octanol–water partition coefficient (Wildman–Crippen LogP) is 5.51. The first kappa shape index (κ1) is 24.4. The van der Waals surface area contributed by atoms with E-state index in [2.05, 4.69) is 59.1 Å². The van der Waals surface area contributed by atoms with Gasteiger partial charge in [-0.2, -0.15) is 13.2 Å². The van der Waals surface area contributed by atoms with Gasteiger partial charge >= 0.3 is 6.18 Å². The number of hydrogen-bond acceptors (Lipinski definition) is 6. The molecule has 0 amide bonds. The van der Waals surface area contributed by atoms with Crippen LogP contribution < -0.4 is 4.74 Å². The Kier molecular flexibility index (Phi) is 6.90. The van der Waals surface area contributed by atoms with Crippen LogP contribution in [-0.2, 0) is 6.18 Å². The molecule has 3 aromatic rings.